The maximum atomic E-state index is 14.0. The number of aryl methyl sites for hydroxylation is 1. The minimum atomic E-state index is -4.23. The van der Waals surface area contributed by atoms with Crippen molar-refractivity contribution in [2.24, 2.45) is 7.05 Å². The van der Waals surface area contributed by atoms with E-state index in [1.165, 1.54) is 12.3 Å². The van der Waals surface area contributed by atoms with Crippen molar-refractivity contribution >= 4 is 55.3 Å². The summed E-state index contributed by atoms with van der Waals surface area (Å²) in [5.41, 5.74) is 3.11. The summed E-state index contributed by atoms with van der Waals surface area (Å²) in [5.74, 6) is -0.163. The Morgan fingerprint density at radius 3 is 2.62 bits per heavy atom. The van der Waals surface area contributed by atoms with Gasteiger partial charge in [-0.15, -0.1) is 0 Å². The number of sulfonamides is 1. The highest BCUT2D eigenvalue weighted by Gasteiger charge is 2.30. The summed E-state index contributed by atoms with van der Waals surface area (Å²) in [4.78, 5) is 21.5. The van der Waals surface area contributed by atoms with Gasteiger partial charge in [0.25, 0.3) is 10.0 Å². The van der Waals surface area contributed by atoms with Crippen molar-refractivity contribution in [2.45, 2.75) is 11.8 Å². The number of anilines is 3. The maximum absolute atomic E-state index is 14.0. The largest absolute Gasteiger partial charge is 0.465 e. The molecule has 39 heavy (non-hydrogen) atoms. The number of ether oxygens (including phenoxy) is 1. The van der Waals surface area contributed by atoms with E-state index in [1.807, 2.05) is 11.6 Å². The molecule has 196 valence electrons. The molecule has 3 aromatic carbocycles. The summed E-state index contributed by atoms with van der Waals surface area (Å²) < 4.78 is 36.0. The summed E-state index contributed by atoms with van der Waals surface area (Å²) in [7, 11) is -2.40. The van der Waals surface area contributed by atoms with Crippen LogP contribution >= 0.6 is 0 Å². The molecule has 0 spiro atoms. The molecule has 0 amide bonds. The van der Waals surface area contributed by atoms with Crippen LogP contribution in [-0.2, 0) is 26.6 Å². The number of aromatic nitrogens is 3. The van der Waals surface area contributed by atoms with Crippen LogP contribution in [0.15, 0.2) is 83.9 Å². The number of nitrogens with zero attached hydrogens (tertiary/aromatic N) is 5. The monoisotopic (exact) mass is 540 g/mol. The highest BCUT2D eigenvalue weighted by Crippen LogP contribution is 2.31. The number of hydrogen-bond acceptors (Lipinski definition) is 8. The quantitative estimate of drug-likeness (QED) is 0.285. The molecule has 0 bridgehead atoms. The van der Waals surface area contributed by atoms with E-state index in [0.29, 0.717) is 27.9 Å². The Kier molecular flexibility index (Phi) is 6.87. The molecular formula is C28H24N6O4S. The first-order chi connectivity index (χ1) is 18.8. The van der Waals surface area contributed by atoms with Gasteiger partial charge in [0, 0.05) is 24.3 Å². The highest BCUT2D eigenvalue weighted by atomic mass is 32.2. The Morgan fingerprint density at radius 1 is 1.10 bits per heavy atom. The number of esters is 1. The number of fused-ring (bicyclic) bond motifs is 2. The van der Waals surface area contributed by atoms with Gasteiger partial charge < -0.3 is 14.6 Å². The predicted molar refractivity (Wildman–Crippen MR) is 148 cm³/mol. The lowest BCUT2D eigenvalue weighted by Crippen LogP contribution is -2.36. The molecule has 2 heterocycles. The van der Waals surface area contributed by atoms with Crippen LogP contribution in [0, 0.1) is 11.3 Å². The third-order valence-corrected chi connectivity index (χ3v) is 7.97. The van der Waals surface area contributed by atoms with Crippen LogP contribution in [0.4, 0.5) is 17.3 Å². The van der Waals surface area contributed by atoms with Crippen LogP contribution in [-0.4, -0.2) is 42.1 Å². The molecule has 0 unspecified atom stereocenters. The molecule has 0 saturated heterocycles. The molecule has 0 aliphatic heterocycles. The molecule has 10 nitrogen and oxygen atoms in total. The number of carbonyl (C=O) groups is 1. The normalized spacial score (nSPS) is 11.3. The van der Waals surface area contributed by atoms with Crippen LogP contribution in [0.1, 0.15) is 12.5 Å². The number of carbonyl (C=O) groups excluding carboxylic acids is 1. The number of hydrogen-bond donors (Lipinski definition) is 1. The van der Waals surface area contributed by atoms with Crippen molar-refractivity contribution in [1.29, 1.82) is 5.26 Å². The molecule has 2 aromatic heterocycles. The summed E-state index contributed by atoms with van der Waals surface area (Å²) in [5, 5.41) is 12.9. The Balaban J connectivity index is 1.58. The van der Waals surface area contributed by atoms with Gasteiger partial charge in [0.05, 0.1) is 40.5 Å². The summed E-state index contributed by atoms with van der Waals surface area (Å²) >= 11 is 0. The van der Waals surface area contributed by atoms with Crippen LogP contribution in [0.25, 0.3) is 21.9 Å². The van der Waals surface area contributed by atoms with E-state index < -0.39 is 22.5 Å². The van der Waals surface area contributed by atoms with Gasteiger partial charge in [-0.3, -0.25) is 14.1 Å². The smallest absolute Gasteiger partial charge is 0.326 e. The van der Waals surface area contributed by atoms with Gasteiger partial charge in [-0.2, -0.15) is 5.26 Å². The first-order valence-electron chi connectivity index (χ1n) is 12.1. The summed E-state index contributed by atoms with van der Waals surface area (Å²) in [6.07, 6.45) is 1.53. The molecular weight excluding hydrogens is 516 g/mol. The van der Waals surface area contributed by atoms with Crippen LogP contribution in [0.5, 0.6) is 0 Å². The molecule has 1 N–H and O–H groups in total. The Hall–Kier alpha value is -4.95. The van der Waals surface area contributed by atoms with E-state index in [1.54, 1.807) is 73.7 Å². The minimum Gasteiger partial charge on any atom is -0.465 e. The number of para-hydroxylation sites is 1. The zero-order valence-electron chi connectivity index (χ0n) is 21.2. The van der Waals surface area contributed by atoms with Gasteiger partial charge in [0.15, 0.2) is 0 Å². The Bertz CT molecular complexity index is 1840. The van der Waals surface area contributed by atoms with Crippen LogP contribution in [0.3, 0.4) is 0 Å². The number of rotatable bonds is 8. The molecule has 0 aliphatic rings. The average Bonchev–Trinajstić information content (AvgIpc) is 3.25. The van der Waals surface area contributed by atoms with Crippen molar-refractivity contribution in [3.05, 3.63) is 84.6 Å². The zero-order valence-corrected chi connectivity index (χ0v) is 22.0. The first-order valence-corrected chi connectivity index (χ1v) is 13.5. The third kappa shape index (κ3) is 4.97. The summed E-state index contributed by atoms with van der Waals surface area (Å²) in [6.45, 7) is 1.26. The molecule has 0 fully saturated rings. The predicted octanol–water partition coefficient (Wildman–Crippen LogP) is 4.50. The van der Waals surface area contributed by atoms with Crippen molar-refractivity contribution in [3.8, 4) is 6.07 Å². The van der Waals surface area contributed by atoms with Crippen molar-refractivity contribution < 1.29 is 17.9 Å². The fourth-order valence-corrected chi connectivity index (χ4v) is 5.82. The van der Waals surface area contributed by atoms with Gasteiger partial charge in [-0.1, -0.05) is 18.2 Å². The van der Waals surface area contributed by atoms with Crippen molar-refractivity contribution in [1.82, 2.24) is 14.5 Å². The molecule has 0 atom stereocenters. The third-order valence-electron chi connectivity index (χ3n) is 6.16. The Labute approximate surface area is 225 Å². The second-order valence-corrected chi connectivity index (χ2v) is 10.5. The molecule has 0 radical (unpaired) electrons. The second kappa shape index (κ2) is 10.4. The van der Waals surface area contributed by atoms with E-state index in [-0.39, 0.29) is 17.2 Å². The lowest BCUT2D eigenvalue weighted by Gasteiger charge is -2.24. The highest BCUT2D eigenvalue weighted by molar-refractivity contribution is 7.93. The summed E-state index contributed by atoms with van der Waals surface area (Å²) in [6, 6.07) is 22.4. The van der Waals surface area contributed by atoms with Gasteiger partial charge in [-0.05, 0) is 61.5 Å². The standard InChI is InChI=1S/C28H24N6O4S/c1-3-38-26(35)18-34(39(36,37)25-8-4-6-20-7-5-15-30-27(20)25)22-13-14-24-23(16-22)32-28(33(24)2)31-21-11-9-19(17-29)10-12-21/h4-16H,3,18H2,1-2H3,(H,31,32). The first kappa shape index (κ1) is 25.7. The van der Waals surface area contributed by atoms with Gasteiger partial charge in [0.1, 0.15) is 11.4 Å². The molecule has 0 aliphatic carbocycles. The number of nitriles is 1. The number of pyridine rings is 1. The molecule has 11 heteroatoms. The van der Waals surface area contributed by atoms with Crippen molar-refractivity contribution in [3.63, 3.8) is 0 Å². The second-order valence-electron chi connectivity index (χ2n) is 8.63. The fourth-order valence-electron chi connectivity index (χ4n) is 4.25. The number of nitrogens with one attached hydrogen (secondary N) is 1. The van der Waals surface area contributed by atoms with E-state index in [4.69, 9.17) is 10.00 Å². The van der Waals surface area contributed by atoms with Crippen molar-refractivity contribution in [2.75, 3.05) is 22.8 Å². The lowest BCUT2D eigenvalue weighted by atomic mass is 10.2. The Morgan fingerprint density at radius 2 is 1.87 bits per heavy atom. The van der Waals surface area contributed by atoms with Gasteiger partial charge in [-0.25, -0.2) is 13.4 Å². The topological polar surface area (TPSA) is 130 Å². The molecule has 5 aromatic rings. The molecule has 0 saturated carbocycles. The minimum absolute atomic E-state index is 0.0193. The van der Waals surface area contributed by atoms with Gasteiger partial charge in [0.2, 0.25) is 5.95 Å². The van der Waals surface area contributed by atoms with E-state index >= 15 is 0 Å². The number of benzene rings is 3. The van der Waals surface area contributed by atoms with E-state index in [9.17, 15) is 13.2 Å². The average molecular weight is 541 g/mol. The van der Waals surface area contributed by atoms with Crippen LogP contribution in [0.2, 0.25) is 0 Å². The van der Waals surface area contributed by atoms with E-state index in [0.717, 1.165) is 15.5 Å². The number of imidazole rings is 1. The zero-order chi connectivity index (χ0) is 27.6. The van der Waals surface area contributed by atoms with Crippen LogP contribution < -0.4 is 9.62 Å². The molecule has 5 rings (SSSR count). The SMILES string of the molecule is CCOC(=O)CN(c1ccc2c(c1)nc(Nc1ccc(C#N)cc1)n2C)S(=O)(=O)c1cccc2cccnc12. The lowest BCUT2D eigenvalue weighted by molar-refractivity contribution is -0.141. The maximum Gasteiger partial charge on any atom is 0.326 e. The fraction of sp³-hybridized carbons (Fsp3) is 0.143. The van der Waals surface area contributed by atoms with Gasteiger partial charge >= 0.3 is 5.97 Å². The van der Waals surface area contributed by atoms with E-state index in [2.05, 4.69) is 21.4 Å².